The molecule has 0 heterocycles. The highest BCUT2D eigenvalue weighted by atomic mass is 32.2. The summed E-state index contributed by atoms with van der Waals surface area (Å²) in [4.78, 5) is 20.5. The molecule has 0 amide bonds. The van der Waals surface area contributed by atoms with E-state index in [-0.39, 0.29) is 17.3 Å². The van der Waals surface area contributed by atoms with Crippen LogP contribution in [0.3, 0.4) is 0 Å². The summed E-state index contributed by atoms with van der Waals surface area (Å²) in [7, 11) is -2.96. The smallest absolute Gasteiger partial charge is 0.303 e. The Morgan fingerprint density at radius 2 is 1.83 bits per heavy atom. The lowest BCUT2D eigenvalue weighted by Gasteiger charge is -2.16. The van der Waals surface area contributed by atoms with E-state index >= 15 is 0 Å². The first kappa shape index (κ1) is 18.8. The van der Waals surface area contributed by atoms with Gasteiger partial charge in [0.25, 0.3) is 0 Å². The minimum atomic E-state index is -4.08. The molecule has 0 radical (unpaired) electrons. The summed E-state index contributed by atoms with van der Waals surface area (Å²) in [6.07, 6.45) is 0.573. The Morgan fingerprint density at radius 1 is 1.26 bits per heavy atom. The van der Waals surface area contributed by atoms with E-state index in [2.05, 4.69) is 5.32 Å². The van der Waals surface area contributed by atoms with Crippen molar-refractivity contribution in [2.75, 3.05) is 12.4 Å². The number of nitrogens with zero attached hydrogens (tertiary/aromatic N) is 2. The van der Waals surface area contributed by atoms with Crippen LogP contribution in [0.5, 0.6) is 0 Å². The molecule has 1 rings (SSSR count). The zero-order valence-corrected chi connectivity index (χ0v) is 13.9. The van der Waals surface area contributed by atoms with Crippen LogP contribution in [0.1, 0.15) is 25.8 Å². The maximum atomic E-state index is 12.0. The van der Waals surface area contributed by atoms with Crippen molar-refractivity contribution < 1.29 is 18.3 Å². The fourth-order valence-electron chi connectivity index (χ4n) is 1.98. The molecule has 11 heteroatoms. The second-order valence-corrected chi connectivity index (χ2v) is 6.77. The van der Waals surface area contributed by atoms with Crippen molar-refractivity contribution in [2.24, 2.45) is 0 Å². The van der Waals surface area contributed by atoms with Gasteiger partial charge in [0.1, 0.15) is 0 Å². The predicted molar refractivity (Wildman–Crippen MR) is 84.1 cm³/mol. The van der Waals surface area contributed by atoms with Crippen molar-refractivity contribution in [3.05, 3.63) is 31.9 Å². The van der Waals surface area contributed by atoms with Gasteiger partial charge in [0.05, 0.1) is 14.7 Å². The van der Waals surface area contributed by atoms with Crippen LogP contribution < -0.4 is 10.0 Å². The molecule has 23 heavy (non-hydrogen) atoms. The molecule has 0 aliphatic carbocycles. The number of rotatable bonds is 7. The molecule has 1 aromatic rings. The molecule has 0 aliphatic heterocycles. The van der Waals surface area contributed by atoms with Gasteiger partial charge in [0, 0.05) is 17.7 Å². The highest BCUT2D eigenvalue weighted by Crippen LogP contribution is 2.41. The van der Waals surface area contributed by atoms with Crippen LogP contribution in [0.25, 0.3) is 0 Å². The minimum Gasteiger partial charge on any atom is -0.371 e. The third-order valence-corrected chi connectivity index (χ3v) is 4.97. The Morgan fingerprint density at radius 3 is 2.22 bits per heavy atom. The molecule has 0 fully saturated rings. The molecule has 128 valence electrons. The van der Waals surface area contributed by atoms with Crippen molar-refractivity contribution >= 4 is 27.1 Å². The van der Waals surface area contributed by atoms with Gasteiger partial charge >= 0.3 is 11.4 Å². The molecule has 0 saturated carbocycles. The van der Waals surface area contributed by atoms with Gasteiger partial charge < -0.3 is 5.32 Å². The Bertz CT molecular complexity index is 746. The van der Waals surface area contributed by atoms with E-state index < -0.39 is 36.1 Å². The summed E-state index contributed by atoms with van der Waals surface area (Å²) in [6, 6.07) is 0.567. The molecule has 0 saturated heterocycles. The Hall–Kier alpha value is -2.27. The molecule has 0 aliphatic rings. The topological polar surface area (TPSA) is 144 Å². The fraction of sp³-hybridized carbons (Fsp3) is 0.500. The maximum Gasteiger partial charge on any atom is 0.303 e. The first-order chi connectivity index (χ1) is 10.6. The van der Waals surface area contributed by atoms with E-state index in [1.54, 1.807) is 6.92 Å². The van der Waals surface area contributed by atoms with Gasteiger partial charge in [-0.25, -0.2) is 13.1 Å². The summed E-state index contributed by atoms with van der Waals surface area (Å²) in [5.74, 6) is 0. The summed E-state index contributed by atoms with van der Waals surface area (Å²) in [5.41, 5.74) is -1.73. The molecule has 0 aromatic heterocycles. The number of hydrogen-bond donors (Lipinski definition) is 2. The standard InChI is InChI=1S/C12H18N4O6S/c1-5-7(2)14-11-9(15(17)18)6-10(23(21,22)13-4)8(3)12(11)16(19)20/h6-7,13-14H,5H2,1-4H3. The monoisotopic (exact) mass is 346 g/mol. The number of hydrogen-bond acceptors (Lipinski definition) is 7. The molecular weight excluding hydrogens is 328 g/mol. The number of nitro benzene ring substituents is 2. The van der Waals surface area contributed by atoms with Crippen molar-refractivity contribution in [2.45, 2.75) is 38.1 Å². The second-order valence-electron chi connectivity index (χ2n) is 4.92. The molecule has 0 bridgehead atoms. The van der Waals surface area contributed by atoms with Crippen molar-refractivity contribution in [1.29, 1.82) is 0 Å². The zero-order valence-electron chi connectivity index (χ0n) is 13.1. The average Bonchev–Trinajstić information content (AvgIpc) is 2.46. The molecule has 1 unspecified atom stereocenters. The van der Waals surface area contributed by atoms with Crippen LogP contribution in [0.2, 0.25) is 0 Å². The summed E-state index contributed by atoms with van der Waals surface area (Å²) < 4.78 is 26.0. The van der Waals surface area contributed by atoms with Gasteiger partial charge in [-0.2, -0.15) is 0 Å². The third kappa shape index (κ3) is 3.74. The lowest BCUT2D eigenvalue weighted by molar-refractivity contribution is -0.393. The highest BCUT2D eigenvalue weighted by Gasteiger charge is 2.34. The summed E-state index contributed by atoms with van der Waals surface area (Å²) >= 11 is 0. The minimum absolute atomic E-state index is 0.166. The number of sulfonamides is 1. The Balaban J connectivity index is 3.86. The molecule has 1 atom stereocenters. The van der Waals surface area contributed by atoms with Crippen LogP contribution in [-0.2, 0) is 10.0 Å². The van der Waals surface area contributed by atoms with Crippen molar-refractivity contribution in [3.63, 3.8) is 0 Å². The molecule has 10 nitrogen and oxygen atoms in total. The van der Waals surface area contributed by atoms with Crippen LogP contribution >= 0.6 is 0 Å². The van der Waals surface area contributed by atoms with E-state index in [9.17, 15) is 28.6 Å². The number of benzene rings is 1. The summed E-state index contributed by atoms with van der Waals surface area (Å²) in [6.45, 7) is 4.76. The second kappa shape index (κ2) is 6.87. The van der Waals surface area contributed by atoms with Crippen LogP contribution in [0, 0.1) is 27.2 Å². The lowest BCUT2D eigenvalue weighted by atomic mass is 10.1. The number of anilines is 1. The van der Waals surface area contributed by atoms with E-state index in [1.807, 2.05) is 11.6 Å². The first-order valence-corrected chi connectivity index (χ1v) is 8.21. The Kier molecular flexibility index (Phi) is 5.61. The van der Waals surface area contributed by atoms with Gasteiger partial charge in [0.15, 0.2) is 5.69 Å². The van der Waals surface area contributed by atoms with Crippen molar-refractivity contribution in [1.82, 2.24) is 4.72 Å². The maximum absolute atomic E-state index is 12.0. The van der Waals surface area contributed by atoms with Crippen LogP contribution in [0.4, 0.5) is 17.1 Å². The zero-order chi connectivity index (χ0) is 17.9. The van der Waals surface area contributed by atoms with E-state index in [1.165, 1.54) is 6.92 Å². The van der Waals surface area contributed by atoms with E-state index in [0.29, 0.717) is 6.42 Å². The summed E-state index contributed by atoms with van der Waals surface area (Å²) in [5, 5.41) is 25.4. The predicted octanol–water partition coefficient (Wildman–Crippen LogP) is 1.93. The first-order valence-electron chi connectivity index (χ1n) is 6.73. The largest absolute Gasteiger partial charge is 0.371 e. The quantitative estimate of drug-likeness (QED) is 0.566. The van der Waals surface area contributed by atoms with E-state index in [4.69, 9.17) is 0 Å². The molecular formula is C12H18N4O6S. The lowest BCUT2D eigenvalue weighted by Crippen LogP contribution is -2.22. The highest BCUT2D eigenvalue weighted by molar-refractivity contribution is 7.89. The van der Waals surface area contributed by atoms with Gasteiger partial charge in [-0.1, -0.05) is 6.92 Å². The van der Waals surface area contributed by atoms with Crippen molar-refractivity contribution in [3.8, 4) is 0 Å². The molecule has 0 spiro atoms. The number of nitrogens with one attached hydrogen (secondary N) is 2. The molecule has 2 N–H and O–H groups in total. The normalized spacial score (nSPS) is 12.7. The Labute approximate surface area is 133 Å². The third-order valence-electron chi connectivity index (χ3n) is 3.43. The van der Waals surface area contributed by atoms with Crippen LogP contribution in [-0.4, -0.2) is 31.4 Å². The molecule has 1 aromatic carbocycles. The van der Waals surface area contributed by atoms with Gasteiger partial charge in [-0.15, -0.1) is 0 Å². The fourth-order valence-corrected chi connectivity index (χ4v) is 2.97. The van der Waals surface area contributed by atoms with Gasteiger partial charge in [-0.05, 0) is 27.3 Å². The van der Waals surface area contributed by atoms with Crippen LogP contribution in [0.15, 0.2) is 11.0 Å². The van der Waals surface area contributed by atoms with E-state index in [0.717, 1.165) is 13.1 Å². The SMILES string of the molecule is CCC(C)Nc1c([N+](=O)[O-])cc(S(=O)(=O)NC)c(C)c1[N+](=O)[O-]. The van der Waals surface area contributed by atoms with Gasteiger partial charge in [0.2, 0.25) is 10.0 Å². The number of nitro groups is 2. The average molecular weight is 346 g/mol. The van der Waals surface area contributed by atoms with Gasteiger partial charge in [-0.3, -0.25) is 20.2 Å².